The molecule has 98 valence electrons. The molecule has 0 unspecified atom stereocenters. The summed E-state index contributed by atoms with van der Waals surface area (Å²) in [5, 5.41) is 2.20. The lowest BCUT2D eigenvalue weighted by molar-refractivity contribution is -0.928. The Labute approximate surface area is 111 Å². The highest BCUT2D eigenvalue weighted by atomic mass is 32.1. The van der Waals surface area contributed by atoms with Crippen molar-refractivity contribution in [2.24, 2.45) is 0 Å². The van der Waals surface area contributed by atoms with Gasteiger partial charge in [0.25, 0.3) is 0 Å². The van der Waals surface area contributed by atoms with Gasteiger partial charge in [-0.2, -0.15) is 0 Å². The maximum absolute atomic E-state index is 2.32. The molecule has 1 nitrogen and oxygen atoms in total. The summed E-state index contributed by atoms with van der Waals surface area (Å²) in [6.07, 6.45) is 5.19. The molecule has 0 aromatic carbocycles. The summed E-state index contributed by atoms with van der Waals surface area (Å²) in [5.74, 6) is 0. The van der Waals surface area contributed by atoms with Crippen LogP contribution in [0.25, 0.3) is 0 Å². The van der Waals surface area contributed by atoms with Crippen molar-refractivity contribution < 1.29 is 4.48 Å². The first-order valence-electron chi connectivity index (χ1n) is 7.13. The molecule has 1 heterocycles. The van der Waals surface area contributed by atoms with Gasteiger partial charge in [-0.05, 0) is 30.7 Å². The second-order valence-electron chi connectivity index (χ2n) is 5.07. The molecule has 0 radical (unpaired) electrons. The van der Waals surface area contributed by atoms with Crippen LogP contribution in [0.5, 0.6) is 0 Å². The van der Waals surface area contributed by atoms with E-state index in [0.717, 1.165) is 0 Å². The monoisotopic (exact) mass is 254 g/mol. The molecule has 2 heteroatoms. The number of nitrogens with zero attached hydrogens (tertiary/aromatic N) is 1. The zero-order valence-electron chi connectivity index (χ0n) is 11.7. The molecular formula is C15H28NS+. The third-order valence-corrected chi connectivity index (χ3v) is 4.44. The van der Waals surface area contributed by atoms with Crippen LogP contribution in [0.15, 0.2) is 17.5 Å². The van der Waals surface area contributed by atoms with E-state index in [1.165, 1.54) is 56.3 Å². The zero-order chi connectivity index (χ0) is 12.6. The fraction of sp³-hybridized carbons (Fsp3) is 0.733. The summed E-state index contributed by atoms with van der Waals surface area (Å²) in [7, 11) is 0. The van der Waals surface area contributed by atoms with Crippen molar-refractivity contribution in [2.75, 3.05) is 26.2 Å². The van der Waals surface area contributed by atoms with Gasteiger partial charge in [0.05, 0.1) is 26.2 Å². The van der Waals surface area contributed by atoms with Crippen molar-refractivity contribution in [1.82, 2.24) is 0 Å². The average Bonchev–Trinajstić information content (AvgIpc) is 2.80. The van der Waals surface area contributed by atoms with Crippen LogP contribution in [0.3, 0.4) is 0 Å². The summed E-state index contributed by atoms with van der Waals surface area (Å²) in [4.78, 5) is 1.55. The maximum Gasteiger partial charge on any atom is 0.0835 e. The van der Waals surface area contributed by atoms with E-state index in [2.05, 4.69) is 38.3 Å². The molecule has 0 aliphatic carbocycles. The van der Waals surface area contributed by atoms with E-state index >= 15 is 0 Å². The van der Waals surface area contributed by atoms with E-state index < -0.39 is 0 Å². The quantitative estimate of drug-likeness (QED) is 0.575. The Morgan fingerprint density at radius 3 is 1.94 bits per heavy atom. The second kappa shape index (κ2) is 7.88. The maximum atomic E-state index is 2.32. The largest absolute Gasteiger partial charge is 0.323 e. The van der Waals surface area contributed by atoms with Crippen molar-refractivity contribution in [3.63, 3.8) is 0 Å². The van der Waals surface area contributed by atoms with Gasteiger partial charge in [-0.1, -0.05) is 26.8 Å². The van der Waals surface area contributed by atoms with Gasteiger partial charge in [-0.15, -0.1) is 11.3 Å². The lowest BCUT2D eigenvalue weighted by Gasteiger charge is -2.38. The van der Waals surface area contributed by atoms with Gasteiger partial charge >= 0.3 is 0 Å². The SMILES string of the molecule is CCC[N+](CCC)(CCC)CCc1cccs1. The Bertz CT molecular complexity index is 262. The fourth-order valence-electron chi connectivity index (χ4n) is 2.90. The normalized spacial score (nSPS) is 11.9. The summed E-state index contributed by atoms with van der Waals surface area (Å²) in [5.41, 5.74) is 0. The van der Waals surface area contributed by atoms with Gasteiger partial charge in [0.15, 0.2) is 0 Å². The molecule has 1 aromatic heterocycles. The lowest BCUT2D eigenvalue weighted by Crippen LogP contribution is -2.50. The predicted molar refractivity (Wildman–Crippen MR) is 78.6 cm³/mol. The van der Waals surface area contributed by atoms with Crippen LogP contribution in [0.4, 0.5) is 0 Å². The standard InChI is InChI=1S/C15H28NS/c1-4-10-16(11-5-2,12-6-3)13-9-15-8-7-14-17-15/h7-8,14H,4-6,9-13H2,1-3H3/q+1. The minimum atomic E-state index is 1.26. The molecule has 1 aromatic rings. The first kappa shape index (κ1) is 14.7. The zero-order valence-corrected chi connectivity index (χ0v) is 12.6. The number of rotatable bonds is 9. The molecule has 17 heavy (non-hydrogen) atoms. The van der Waals surface area contributed by atoms with Gasteiger partial charge < -0.3 is 4.48 Å². The topological polar surface area (TPSA) is 0 Å². The second-order valence-corrected chi connectivity index (χ2v) is 6.10. The van der Waals surface area contributed by atoms with Crippen LogP contribution in [0.1, 0.15) is 44.9 Å². The molecule has 0 aliphatic heterocycles. The van der Waals surface area contributed by atoms with Gasteiger partial charge in [0.2, 0.25) is 0 Å². The Kier molecular flexibility index (Phi) is 6.83. The van der Waals surface area contributed by atoms with Crippen molar-refractivity contribution in [3.05, 3.63) is 22.4 Å². The average molecular weight is 254 g/mol. The minimum absolute atomic E-state index is 1.26. The highest BCUT2D eigenvalue weighted by Crippen LogP contribution is 2.16. The van der Waals surface area contributed by atoms with E-state index in [9.17, 15) is 0 Å². The van der Waals surface area contributed by atoms with Crippen LogP contribution >= 0.6 is 11.3 Å². The predicted octanol–water partition coefficient (Wildman–Crippen LogP) is 4.34. The molecule has 0 atom stereocenters. The molecule has 0 saturated heterocycles. The Hall–Kier alpha value is -0.340. The fourth-order valence-corrected chi connectivity index (χ4v) is 3.59. The van der Waals surface area contributed by atoms with Gasteiger partial charge in [-0.3, -0.25) is 0 Å². The van der Waals surface area contributed by atoms with Crippen molar-refractivity contribution in [3.8, 4) is 0 Å². The van der Waals surface area contributed by atoms with Crippen molar-refractivity contribution >= 4 is 11.3 Å². The molecule has 0 saturated carbocycles. The van der Waals surface area contributed by atoms with Crippen LogP contribution in [0.2, 0.25) is 0 Å². The minimum Gasteiger partial charge on any atom is -0.323 e. The highest BCUT2D eigenvalue weighted by molar-refractivity contribution is 7.09. The molecule has 0 amide bonds. The molecule has 0 aliphatic rings. The summed E-state index contributed by atoms with van der Waals surface area (Å²) in [6.45, 7) is 12.4. The Morgan fingerprint density at radius 2 is 1.53 bits per heavy atom. The molecule has 0 N–H and O–H groups in total. The number of hydrogen-bond acceptors (Lipinski definition) is 1. The molecule has 0 bridgehead atoms. The van der Waals surface area contributed by atoms with E-state index in [0.29, 0.717) is 0 Å². The summed E-state index contributed by atoms with van der Waals surface area (Å²) < 4.78 is 1.33. The molecule has 0 fully saturated rings. The number of thiophene rings is 1. The van der Waals surface area contributed by atoms with E-state index in [-0.39, 0.29) is 0 Å². The van der Waals surface area contributed by atoms with Crippen LogP contribution in [0, 0.1) is 0 Å². The first-order chi connectivity index (χ1) is 8.26. The smallest absolute Gasteiger partial charge is 0.0835 e. The Morgan fingerprint density at radius 1 is 0.941 bits per heavy atom. The third kappa shape index (κ3) is 4.81. The van der Waals surface area contributed by atoms with Crippen LogP contribution in [-0.4, -0.2) is 30.7 Å². The number of hydrogen-bond donors (Lipinski definition) is 0. The van der Waals surface area contributed by atoms with Crippen LogP contribution in [-0.2, 0) is 6.42 Å². The Balaban J connectivity index is 2.59. The lowest BCUT2D eigenvalue weighted by atomic mass is 10.2. The summed E-state index contributed by atoms with van der Waals surface area (Å²) in [6, 6.07) is 4.46. The van der Waals surface area contributed by atoms with Crippen molar-refractivity contribution in [2.45, 2.75) is 46.5 Å². The van der Waals surface area contributed by atoms with E-state index in [1.54, 1.807) is 4.88 Å². The van der Waals surface area contributed by atoms with Gasteiger partial charge in [0, 0.05) is 11.3 Å². The first-order valence-corrected chi connectivity index (χ1v) is 8.01. The van der Waals surface area contributed by atoms with E-state index in [1.807, 2.05) is 11.3 Å². The van der Waals surface area contributed by atoms with Gasteiger partial charge in [-0.25, -0.2) is 0 Å². The molecule has 0 spiro atoms. The highest BCUT2D eigenvalue weighted by Gasteiger charge is 2.24. The molecule has 1 rings (SSSR count). The number of quaternary nitrogens is 1. The van der Waals surface area contributed by atoms with Gasteiger partial charge in [0.1, 0.15) is 0 Å². The summed E-state index contributed by atoms with van der Waals surface area (Å²) >= 11 is 1.91. The van der Waals surface area contributed by atoms with E-state index in [4.69, 9.17) is 0 Å². The molecular weight excluding hydrogens is 226 g/mol. The van der Waals surface area contributed by atoms with Crippen LogP contribution < -0.4 is 0 Å². The van der Waals surface area contributed by atoms with Crippen molar-refractivity contribution in [1.29, 1.82) is 0 Å². The third-order valence-electron chi connectivity index (χ3n) is 3.51.